The summed E-state index contributed by atoms with van der Waals surface area (Å²) in [5, 5.41) is 12.0. The number of phenolic OH excluding ortho intramolecular Hbond substituents is 1. The van der Waals surface area contributed by atoms with E-state index in [9.17, 15) is 23.1 Å². The second kappa shape index (κ2) is 7.79. The molecule has 0 spiro atoms. The zero-order valence-corrected chi connectivity index (χ0v) is 15.4. The Kier molecular flexibility index (Phi) is 5.46. The van der Waals surface area contributed by atoms with Gasteiger partial charge in [0, 0.05) is 18.5 Å². The number of carbonyl (C=O) groups excluding carboxylic acids is 2. The van der Waals surface area contributed by atoms with E-state index < -0.39 is 15.9 Å². The van der Waals surface area contributed by atoms with Crippen molar-refractivity contribution in [2.24, 2.45) is 0 Å². The van der Waals surface area contributed by atoms with Crippen molar-refractivity contribution in [1.29, 1.82) is 0 Å². The molecule has 0 aliphatic carbocycles. The molecule has 2 aromatic carbocycles. The molecule has 2 amide bonds. The minimum absolute atomic E-state index is 0.0456. The van der Waals surface area contributed by atoms with Crippen LogP contribution in [0, 0.1) is 0 Å². The van der Waals surface area contributed by atoms with E-state index in [1.807, 2.05) is 12.1 Å². The molecule has 7 nitrogen and oxygen atoms in total. The van der Waals surface area contributed by atoms with Crippen molar-refractivity contribution in [3.8, 4) is 5.75 Å². The Bertz CT molecular complexity index is 954. The summed E-state index contributed by atoms with van der Waals surface area (Å²) in [6.07, 6.45) is 1.42. The van der Waals surface area contributed by atoms with Gasteiger partial charge in [0.1, 0.15) is 5.75 Å². The summed E-state index contributed by atoms with van der Waals surface area (Å²) in [5.41, 5.74) is 1.54. The number of aryl methyl sites for hydroxylation is 1. The van der Waals surface area contributed by atoms with Crippen LogP contribution < -0.4 is 9.62 Å². The molecule has 3 rings (SSSR count). The number of benzene rings is 2. The van der Waals surface area contributed by atoms with Crippen LogP contribution in [0.25, 0.3) is 0 Å². The molecule has 0 radical (unpaired) electrons. The predicted octanol–water partition coefficient (Wildman–Crippen LogP) is 1.82. The summed E-state index contributed by atoms with van der Waals surface area (Å²) in [6, 6.07) is 12.9. The number of nitrogens with zero attached hydrogens (tertiary/aromatic N) is 1. The summed E-state index contributed by atoms with van der Waals surface area (Å²) in [5.74, 6) is -0.807. The van der Waals surface area contributed by atoms with E-state index >= 15 is 0 Å². The largest absolute Gasteiger partial charge is 0.508 e. The monoisotopic (exact) mass is 388 g/mol. The average molecular weight is 388 g/mol. The van der Waals surface area contributed by atoms with Crippen molar-refractivity contribution in [2.45, 2.75) is 19.3 Å². The number of aromatic hydroxyl groups is 1. The van der Waals surface area contributed by atoms with Crippen molar-refractivity contribution in [3.05, 3.63) is 59.7 Å². The highest BCUT2D eigenvalue weighted by atomic mass is 32.2. The van der Waals surface area contributed by atoms with E-state index in [0.29, 0.717) is 12.1 Å². The highest BCUT2D eigenvalue weighted by molar-refractivity contribution is 7.94. The van der Waals surface area contributed by atoms with Crippen molar-refractivity contribution >= 4 is 27.5 Å². The Hall–Kier alpha value is -2.87. The lowest BCUT2D eigenvalue weighted by Gasteiger charge is -2.15. The lowest BCUT2D eigenvalue weighted by atomic mass is 10.1. The standard InChI is InChI=1S/C19H20N2O5S/c22-17-8-6-14(7-9-17)3-2-11-20-19(24)15-4-1-5-16(13-15)21-18(23)10-12-27(21,25)26/h1,4-9,13,22H,2-3,10-12H2,(H,20,24). The van der Waals surface area contributed by atoms with Gasteiger partial charge in [-0.25, -0.2) is 12.7 Å². The van der Waals surface area contributed by atoms with E-state index in [4.69, 9.17) is 0 Å². The first-order valence-corrected chi connectivity index (χ1v) is 10.2. The van der Waals surface area contributed by atoms with E-state index in [1.54, 1.807) is 24.3 Å². The maximum atomic E-state index is 12.3. The van der Waals surface area contributed by atoms with Crippen LogP contribution in [0.5, 0.6) is 5.75 Å². The first-order chi connectivity index (χ1) is 12.9. The van der Waals surface area contributed by atoms with E-state index in [-0.39, 0.29) is 29.5 Å². The highest BCUT2D eigenvalue weighted by Crippen LogP contribution is 2.25. The number of hydrogen-bond acceptors (Lipinski definition) is 5. The fraction of sp³-hybridized carbons (Fsp3) is 0.263. The number of sulfonamides is 1. The molecule has 2 aromatic rings. The molecule has 142 valence electrons. The summed E-state index contributed by atoms with van der Waals surface area (Å²) in [6.45, 7) is 0.449. The Morgan fingerprint density at radius 3 is 2.56 bits per heavy atom. The summed E-state index contributed by atoms with van der Waals surface area (Å²) in [4.78, 5) is 24.2. The van der Waals surface area contributed by atoms with Gasteiger partial charge in [0.2, 0.25) is 15.9 Å². The number of hydrogen-bond donors (Lipinski definition) is 2. The fourth-order valence-electron chi connectivity index (χ4n) is 2.90. The predicted molar refractivity (Wildman–Crippen MR) is 101 cm³/mol. The first kappa shape index (κ1) is 18.9. The number of nitrogens with one attached hydrogen (secondary N) is 1. The van der Waals surface area contributed by atoms with Gasteiger partial charge in [-0.05, 0) is 48.7 Å². The number of phenols is 1. The zero-order valence-electron chi connectivity index (χ0n) is 14.6. The van der Waals surface area contributed by atoms with Gasteiger partial charge in [0.15, 0.2) is 0 Å². The first-order valence-electron chi connectivity index (χ1n) is 8.59. The molecule has 2 N–H and O–H groups in total. The van der Waals surface area contributed by atoms with Crippen LogP contribution in [0.3, 0.4) is 0 Å². The average Bonchev–Trinajstić information content (AvgIpc) is 2.93. The number of amides is 2. The number of anilines is 1. The molecule has 1 saturated heterocycles. The second-order valence-corrected chi connectivity index (χ2v) is 8.24. The number of rotatable bonds is 6. The summed E-state index contributed by atoms with van der Waals surface area (Å²) < 4.78 is 24.8. The summed E-state index contributed by atoms with van der Waals surface area (Å²) in [7, 11) is -3.65. The maximum Gasteiger partial charge on any atom is 0.251 e. The van der Waals surface area contributed by atoms with Crippen LogP contribution in [0.2, 0.25) is 0 Å². The lowest BCUT2D eigenvalue weighted by molar-refractivity contribution is -0.116. The third-order valence-electron chi connectivity index (χ3n) is 4.29. The SMILES string of the molecule is O=C(NCCCc1ccc(O)cc1)c1cccc(N2C(=O)CCS2(=O)=O)c1. The van der Waals surface area contributed by atoms with Crippen LogP contribution >= 0.6 is 0 Å². The molecule has 1 fully saturated rings. The van der Waals surface area contributed by atoms with Gasteiger partial charge in [0.05, 0.1) is 11.4 Å². The topological polar surface area (TPSA) is 104 Å². The maximum absolute atomic E-state index is 12.3. The van der Waals surface area contributed by atoms with Crippen LogP contribution in [0.4, 0.5) is 5.69 Å². The molecular weight excluding hydrogens is 368 g/mol. The van der Waals surface area contributed by atoms with Gasteiger partial charge in [0.25, 0.3) is 5.91 Å². The molecule has 0 unspecified atom stereocenters. The Morgan fingerprint density at radius 1 is 1.15 bits per heavy atom. The molecule has 1 aliphatic rings. The van der Waals surface area contributed by atoms with Crippen molar-refractivity contribution < 1.29 is 23.1 Å². The van der Waals surface area contributed by atoms with Crippen LogP contribution in [-0.4, -0.2) is 37.6 Å². The van der Waals surface area contributed by atoms with Gasteiger partial charge in [-0.1, -0.05) is 18.2 Å². The molecule has 0 bridgehead atoms. The van der Waals surface area contributed by atoms with Crippen LogP contribution in [-0.2, 0) is 21.2 Å². The molecule has 0 aromatic heterocycles. The van der Waals surface area contributed by atoms with E-state index in [0.717, 1.165) is 22.7 Å². The van der Waals surface area contributed by atoms with Crippen molar-refractivity contribution in [2.75, 3.05) is 16.6 Å². The zero-order chi connectivity index (χ0) is 19.4. The Morgan fingerprint density at radius 2 is 1.89 bits per heavy atom. The Balaban J connectivity index is 1.59. The van der Waals surface area contributed by atoms with E-state index in [1.165, 1.54) is 12.1 Å². The third-order valence-corrected chi connectivity index (χ3v) is 5.98. The fourth-order valence-corrected chi connectivity index (χ4v) is 4.35. The molecule has 0 atom stereocenters. The Labute approximate surface area is 157 Å². The van der Waals surface area contributed by atoms with Crippen molar-refractivity contribution in [3.63, 3.8) is 0 Å². The van der Waals surface area contributed by atoms with Crippen LogP contribution in [0.15, 0.2) is 48.5 Å². The molecule has 8 heteroatoms. The van der Waals surface area contributed by atoms with Gasteiger partial charge in [-0.2, -0.15) is 0 Å². The summed E-state index contributed by atoms with van der Waals surface area (Å²) >= 11 is 0. The van der Waals surface area contributed by atoms with E-state index in [2.05, 4.69) is 5.32 Å². The highest BCUT2D eigenvalue weighted by Gasteiger charge is 2.36. The smallest absolute Gasteiger partial charge is 0.251 e. The minimum Gasteiger partial charge on any atom is -0.508 e. The van der Waals surface area contributed by atoms with Gasteiger partial charge < -0.3 is 10.4 Å². The van der Waals surface area contributed by atoms with Crippen LogP contribution in [0.1, 0.15) is 28.8 Å². The van der Waals surface area contributed by atoms with Gasteiger partial charge >= 0.3 is 0 Å². The van der Waals surface area contributed by atoms with Gasteiger partial charge in [-0.15, -0.1) is 0 Å². The molecule has 27 heavy (non-hydrogen) atoms. The molecule has 1 aliphatic heterocycles. The molecule has 0 saturated carbocycles. The third kappa shape index (κ3) is 4.46. The van der Waals surface area contributed by atoms with Crippen molar-refractivity contribution in [1.82, 2.24) is 5.32 Å². The molecule has 1 heterocycles. The van der Waals surface area contributed by atoms with Gasteiger partial charge in [-0.3, -0.25) is 9.59 Å². The molecular formula is C19H20N2O5S. The quantitative estimate of drug-likeness (QED) is 0.735. The minimum atomic E-state index is -3.65. The second-order valence-electron chi connectivity index (χ2n) is 6.30. The number of carbonyl (C=O) groups is 2. The normalized spacial score (nSPS) is 15.7. The lowest BCUT2D eigenvalue weighted by Crippen LogP contribution is -2.30.